The molecule has 20 heavy (non-hydrogen) atoms. The van der Waals surface area contributed by atoms with Crippen LogP contribution in [-0.2, 0) is 11.8 Å². The molecule has 0 saturated heterocycles. The number of carbonyl (C=O) groups excluding carboxylic acids is 1. The zero-order valence-corrected chi connectivity index (χ0v) is 11.5. The lowest BCUT2D eigenvalue weighted by molar-refractivity contribution is 0.0943. The Morgan fingerprint density at radius 2 is 2.05 bits per heavy atom. The molecule has 0 aliphatic carbocycles. The summed E-state index contributed by atoms with van der Waals surface area (Å²) < 4.78 is 6.11. The molecular formula is C14H17N3O3. The van der Waals surface area contributed by atoms with Gasteiger partial charge >= 0.3 is 0 Å². The van der Waals surface area contributed by atoms with Gasteiger partial charge in [0.1, 0.15) is 0 Å². The topological polar surface area (TPSA) is 73.2 Å². The summed E-state index contributed by atoms with van der Waals surface area (Å²) in [4.78, 5) is 24.1. The minimum atomic E-state index is -0.284. The van der Waals surface area contributed by atoms with E-state index in [1.807, 2.05) is 0 Å². The summed E-state index contributed by atoms with van der Waals surface area (Å²) in [7, 11) is 3.15. The zero-order valence-electron chi connectivity index (χ0n) is 11.5. The number of aryl methyl sites for hydroxylation is 1. The van der Waals surface area contributed by atoms with Gasteiger partial charge in [0.15, 0.2) is 5.69 Å². The Morgan fingerprint density at radius 1 is 1.35 bits per heavy atom. The van der Waals surface area contributed by atoms with Gasteiger partial charge in [-0.1, -0.05) is 18.2 Å². The van der Waals surface area contributed by atoms with E-state index in [9.17, 15) is 9.59 Å². The molecule has 0 radical (unpaired) electrons. The first-order chi connectivity index (χ1) is 9.65. The van der Waals surface area contributed by atoms with Crippen molar-refractivity contribution < 1.29 is 9.53 Å². The zero-order chi connectivity index (χ0) is 14.5. The monoisotopic (exact) mass is 275 g/mol. The molecule has 0 atom stereocenters. The van der Waals surface area contributed by atoms with Gasteiger partial charge in [-0.15, -0.1) is 0 Å². The Morgan fingerprint density at radius 3 is 2.75 bits per heavy atom. The third-order valence-electron chi connectivity index (χ3n) is 2.98. The van der Waals surface area contributed by atoms with Crippen LogP contribution in [0.15, 0.2) is 29.1 Å². The van der Waals surface area contributed by atoms with Crippen LogP contribution >= 0.6 is 0 Å². The number of aromatic nitrogens is 2. The van der Waals surface area contributed by atoms with E-state index in [2.05, 4.69) is 10.4 Å². The van der Waals surface area contributed by atoms with Crippen LogP contribution in [-0.4, -0.2) is 35.9 Å². The predicted octanol–water partition coefficient (Wildman–Crippen LogP) is 0.700. The van der Waals surface area contributed by atoms with Crippen LogP contribution in [0.3, 0.4) is 0 Å². The summed E-state index contributed by atoms with van der Waals surface area (Å²) in [5, 5.41) is 7.90. The third-order valence-corrected chi connectivity index (χ3v) is 2.98. The normalized spacial score (nSPS) is 10.7. The number of hydrogen-bond donors (Lipinski definition) is 1. The molecule has 0 spiro atoms. The van der Waals surface area contributed by atoms with E-state index >= 15 is 0 Å². The second kappa shape index (κ2) is 6.29. The highest BCUT2D eigenvalue weighted by molar-refractivity contribution is 6.04. The Hall–Kier alpha value is -2.21. The Kier molecular flexibility index (Phi) is 4.47. The second-order valence-electron chi connectivity index (χ2n) is 4.43. The molecule has 0 saturated carbocycles. The highest BCUT2D eigenvalue weighted by Crippen LogP contribution is 2.12. The number of benzene rings is 1. The van der Waals surface area contributed by atoms with Gasteiger partial charge in [0, 0.05) is 32.7 Å². The van der Waals surface area contributed by atoms with Crippen LogP contribution in [0.25, 0.3) is 10.8 Å². The molecule has 1 N–H and O–H groups in total. The lowest BCUT2D eigenvalue weighted by Crippen LogP contribution is -2.30. The average Bonchev–Trinajstić information content (AvgIpc) is 2.47. The standard InChI is InChI=1S/C14H17N3O3/c1-17-14(19)11-7-4-3-6-10(11)12(16-17)13(18)15-8-5-9-20-2/h3-4,6-7H,5,8-9H2,1-2H3,(H,15,18). The van der Waals surface area contributed by atoms with Gasteiger partial charge in [0.05, 0.1) is 5.39 Å². The van der Waals surface area contributed by atoms with Crippen molar-refractivity contribution >= 4 is 16.7 Å². The first-order valence-electron chi connectivity index (χ1n) is 6.38. The number of hydrogen-bond acceptors (Lipinski definition) is 4. The number of fused-ring (bicyclic) bond motifs is 1. The third kappa shape index (κ3) is 2.85. The number of methoxy groups -OCH3 is 1. The molecule has 0 aliphatic rings. The first kappa shape index (κ1) is 14.2. The van der Waals surface area contributed by atoms with Crippen LogP contribution in [0.4, 0.5) is 0 Å². The highest BCUT2D eigenvalue weighted by Gasteiger charge is 2.14. The Balaban J connectivity index is 2.32. The Labute approximate surface area is 116 Å². The molecule has 1 heterocycles. The molecule has 0 aliphatic heterocycles. The fourth-order valence-electron chi connectivity index (χ4n) is 1.97. The van der Waals surface area contributed by atoms with E-state index in [0.717, 1.165) is 6.42 Å². The Bertz CT molecular complexity index is 679. The largest absolute Gasteiger partial charge is 0.385 e. The van der Waals surface area contributed by atoms with Gasteiger partial charge in [-0.25, -0.2) is 4.68 Å². The highest BCUT2D eigenvalue weighted by atomic mass is 16.5. The molecule has 6 nitrogen and oxygen atoms in total. The number of carbonyl (C=O) groups is 1. The molecule has 106 valence electrons. The van der Waals surface area contributed by atoms with Crippen LogP contribution in [0.1, 0.15) is 16.9 Å². The lowest BCUT2D eigenvalue weighted by atomic mass is 10.1. The van der Waals surface area contributed by atoms with Crippen molar-refractivity contribution in [1.29, 1.82) is 0 Å². The predicted molar refractivity (Wildman–Crippen MR) is 75.8 cm³/mol. The van der Waals surface area contributed by atoms with Crippen molar-refractivity contribution in [2.24, 2.45) is 7.05 Å². The van der Waals surface area contributed by atoms with Crippen molar-refractivity contribution in [3.05, 3.63) is 40.3 Å². The summed E-state index contributed by atoms with van der Waals surface area (Å²) >= 11 is 0. The maximum absolute atomic E-state index is 12.2. The van der Waals surface area contributed by atoms with Gasteiger partial charge in [0.25, 0.3) is 11.5 Å². The number of ether oxygens (including phenoxy) is 1. The summed E-state index contributed by atoms with van der Waals surface area (Å²) in [6, 6.07) is 6.98. The van der Waals surface area contributed by atoms with Crippen molar-refractivity contribution in [1.82, 2.24) is 15.1 Å². The van der Waals surface area contributed by atoms with E-state index in [0.29, 0.717) is 23.9 Å². The quantitative estimate of drug-likeness (QED) is 0.815. The summed E-state index contributed by atoms with van der Waals surface area (Å²) in [6.45, 7) is 1.09. The smallest absolute Gasteiger partial charge is 0.274 e. The van der Waals surface area contributed by atoms with E-state index in [1.54, 1.807) is 31.4 Å². The maximum atomic E-state index is 12.2. The summed E-state index contributed by atoms with van der Waals surface area (Å²) in [5.74, 6) is -0.284. The molecule has 0 bridgehead atoms. The van der Waals surface area contributed by atoms with Crippen molar-refractivity contribution in [3.8, 4) is 0 Å². The fraction of sp³-hybridized carbons (Fsp3) is 0.357. The first-order valence-corrected chi connectivity index (χ1v) is 6.38. The van der Waals surface area contributed by atoms with Crippen LogP contribution in [0.5, 0.6) is 0 Å². The van der Waals surface area contributed by atoms with Gasteiger partial charge in [-0.3, -0.25) is 9.59 Å². The summed E-state index contributed by atoms with van der Waals surface area (Å²) in [5.41, 5.74) is 0.0525. The van der Waals surface area contributed by atoms with Crippen molar-refractivity contribution in [3.63, 3.8) is 0 Å². The van der Waals surface area contributed by atoms with Gasteiger partial charge in [0.2, 0.25) is 0 Å². The summed E-state index contributed by atoms with van der Waals surface area (Å²) in [6.07, 6.45) is 0.728. The fourth-order valence-corrected chi connectivity index (χ4v) is 1.97. The minimum Gasteiger partial charge on any atom is -0.385 e. The van der Waals surface area contributed by atoms with Gasteiger partial charge in [-0.05, 0) is 12.5 Å². The molecule has 6 heteroatoms. The van der Waals surface area contributed by atoms with E-state index < -0.39 is 0 Å². The lowest BCUT2D eigenvalue weighted by Gasteiger charge is -2.08. The molecular weight excluding hydrogens is 258 g/mol. The molecule has 1 amide bonds. The maximum Gasteiger partial charge on any atom is 0.274 e. The molecule has 0 fully saturated rings. The van der Waals surface area contributed by atoms with E-state index in [4.69, 9.17) is 4.74 Å². The van der Waals surface area contributed by atoms with Gasteiger partial charge < -0.3 is 10.1 Å². The molecule has 0 unspecified atom stereocenters. The molecule has 2 aromatic rings. The number of rotatable bonds is 5. The average molecular weight is 275 g/mol. The molecule has 1 aromatic heterocycles. The van der Waals surface area contributed by atoms with Crippen molar-refractivity contribution in [2.75, 3.05) is 20.3 Å². The minimum absolute atomic E-state index is 0.212. The van der Waals surface area contributed by atoms with Crippen LogP contribution in [0.2, 0.25) is 0 Å². The van der Waals surface area contributed by atoms with E-state index in [-0.39, 0.29) is 17.2 Å². The van der Waals surface area contributed by atoms with Crippen LogP contribution < -0.4 is 10.9 Å². The second-order valence-corrected chi connectivity index (χ2v) is 4.43. The molecule has 2 rings (SSSR count). The van der Waals surface area contributed by atoms with Crippen molar-refractivity contribution in [2.45, 2.75) is 6.42 Å². The molecule has 1 aromatic carbocycles. The number of nitrogens with zero attached hydrogens (tertiary/aromatic N) is 2. The van der Waals surface area contributed by atoms with E-state index in [1.165, 1.54) is 11.7 Å². The SMILES string of the molecule is COCCCNC(=O)c1nn(C)c(=O)c2ccccc12. The van der Waals surface area contributed by atoms with Crippen LogP contribution in [0, 0.1) is 0 Å². The number of amides is 1. The number of nitrogens with one attached hydrogen (secondary N) is 1. The van der Waals surface area contributed by atoms with Gasteiger partial charge in [-0.2, -0.15) is 5.10 Å².